The highest BCUT2D eigenvalue weighted by Gasteiger charge is 2.58. The molecule has 5 aliphatic carbocycles. The lowest BCUT2D eigenvalue weighted by Crippen LogP contribution is -2.47. The van der Waals surface area contributed by atoms with Crippen molar-refractivity contribution in [2.24, 2.45) is 10.8 Å². The van der Waals surface area contributed by atoms with Gasteiger partial charge in [-0.3, -0.25) is 0 Å². The average Bonchev–Trinajstić information content (AvgIpc) is 2.71. The fourth-order valence-electron chi connectivity index (χ4n) is 6.76. The molecule has 0 radical (unpaired) electrons. The number of fused-ring (bicyclic) bond motifs is 1. The summed E-state index contributed by atoms with van der Waals surface area (Å²) in [5.74, 6) is 0. The summed E-state index contributed by atoms with van der Waals surface area (Å²) in [5, 5.41) is 2.88. The van der Waals surface area contributed by atoms with Crippen LogP contribution in [0.15, 0.2) is 89.6 Å². The summed E-state index contributed by atoms with van der Waals surface area (Å²) in [6.07, 6.45) is 18.8. The average molecular weight is 358 g/mol. The second-order valence-electron chi connectivity index (χ2n) is 9.16. The molecular weight excluding hydrogens is 336 g/mol. The van der Waals surface area contributed by atoms with Crippen molar-refractivity contribution in [3.8, 4) is 0 Å². The van der Waals surface area contributed by atoms with Crippen molar-refractivity contribution >= 4 is 21.9 Å². The van der Waals surface area contributed by atoms with E-state index in [1.54, 1.807) is 11.1 Å². The Morgan fingerprint density at radius 1 is 0.786 bits per heavy atom. The Morgan fingerprint density at radius 3 is 2.61 bits per heavy atom. The molecule has 0 heterocycles. The second-order valence-corrected chi connectivity index (χ2v) is 9.16. The van der Waals surface area contributed by atoms with E-state index in [1.807, 2.05) is 0 Å². The van der Waals surface area contributed by atoms with Crippen LogP contribution in [0.5, 0.6) is 0 Å². The van der Waals surface area contributed by atoms with E-state index < -0.39 is 0 Å². The molecule has 0 N–H and O–H groups in total. The van der Waals surface area contributed by atoms with Gasteiger partial charge in [0.25, 0.3) is 0 Å². The van der Waals surface area contributed by atoms with E-state index in [0.717, 1.165) is 12.8 Å². The van der Waals surface area contributed by atoms with Crippen molar-refractivity contribution in [2.45, 2.75) is 26.7 Å². The van der Waals surface area contributed by atoms with Gasteiger partial charge in [0.15, 0.2) is 0 Å². The molecule has 0 fully saturated rings. The second kappa shape index (κ2) is 4.58. The maximum atomic E-state index is 2.50. The van der Waals surface area contributed by atoms with Crippen molar-refractivity contribution in [1.82, 2.24) is 0 Å². The zero-order chi connectivity index (χ0) is 18.7. The van der Waals surface area contributed by atoms with Crippen LogP contribution in [-0.2, 0) is 6.42 Å². The van der Waals surface area contributed by atoms with E-state index in [2.05, 4.69) is 86.7 Å². The molecule has 0 heteroatoms. The van der Waals surface area contributed by atoms with Gasteiger partial charge in [-0.1, -0.05) is 86.7 Å². The van der Waals surface area contributed by atoms with Crippen LogP contribution in [0, 0.1) is 10.8 Å². The van der Waals surface area contributed by atoms with Crippen LogP contribution < -0.4 is 0 Å². The zero-order valence-corrected chi connectivity index (χ0v) is 16.3. The molecule has 2 atom stereocenters. The molecule has 0 aromatic heterocycles. The topological polar surface area (TPSA) is 0 Å². The minimum Gasteiger partial charge on any atom is -0.0617 e. The summed E-state index contributed by atoms with van der Waals surface area (Å²) in [6, 6.07) is 11.6. The number of benzene rings is 2. The van der Waals surface area contributed by atoms with Crippen molar-refractivity contribution in [2.75, 3.05) is 0 Å². The van der Waals surface area contributed by atoms with Crippen LogP contribution >= 0.6 is 0 Å². The number of allylic oxidation sites excluding steroid dienone is 12. The molecule has 5 aliphatic rings. The molecule has 0 aliphatic heterocycles. The number of hydrogen-bond acceptors (Lipinski definition) is 0. The molecule has 0 nitrogen and oxygen atoms in total. The summed E-state index contributed by atoms with van der Waals surface area (Å²) >= 11 is 0. The Kier molecular flexibility index (Phi) is 2.47. The highest BCUT2D eigenvalue weighted by atomic mass is 14.6. The lowest BCUT2D eigenvalue weighted by molar-refractivity contribution is 0.276. The SMILES string of the molecule is C[C@@]12C3=CC=CC1=CC=C1c4ccc5cccc6c5c4C(=C(C=C3)[C@]12C)CC6. The molecule has 0 unspecified atom stereocenters. The molecule has 0 amide bonds. The van der Waals surface area contributed by atoms with Crippen molar-refractivity contribution in [3.63, 3.8) is 0 Å². The van der Waals surface area contributed by atoms with Crippen LogP contribution in [0.2, 0.25) is 0 Å². The first-order valence-electron chi connectivity index (χ1n) is 10.4. The lowest BCUT2D eigenvalue weighted by Gasteiger charge is -2.58. The predicted molar refractivity (Wildman–Crippen MR) is 118 cm³/mol. The molecule has 0 spiro atoms. The first-order valence-corrected chi connectivity index (χ1v) is 10.4. The Morgan fingerprint density at radius 2 is 1.68 bits per heavy atom. The third-order valence-electron chi connectivity index (χ3n) is 8.34. The molecule has 134 valence electrons. The maximum absolute atomic E-state index is 2.50. The van der Waals surface area contributed by atoms with Crippen LogP contribution in [0.1, 0.15) is 37.0 Å². The van der Waals surface area contributed by atoms with E-state index in [9.17, 15) is 0 Å². The van der Waals surface area contributed by atoms with Crippen molar-refractivity contribution < 1.29 is 0 Å². The van der Waals surface area contributed by atoms with Gasteiger partial charge in [-0.2, -0.15) is 0 Å². The van der Waals surface area contributed by atoms with Gasteiger partial charge in [0.05, 0.1) is 0 Å². The van der Waals surface area contributed by atoms with Crippen LogP contribution in [0.4, 0.5) is 0 Å². The van der Waals surface area contributed by atoms with Crippen LogP contribution in [0.3, 0.4) is 0 Å². The van der Waals surface area contributed by atoms with Gasteiger partial charge in [-0.25, -0.2) is 0 Å². The van der Waals surface area contributed by atoms with Crippen LogP contribution in [0.25, 0.3) is 21.9 Å². The monoisotopic (exact) mass is 358 g/mol. The first-order chi connectivity index (χ1) is 13.6. The molecule has 2 aromatic carbocycles. The van der Waals surface area contributed by atoms with Crippen LogP contribution in [-0.4, -0.2) is 0 Å². The van der Waals surface area contributed by atoms with Gasteiger partial charge < -0.3 is 0 Å². The minimum absolute atomic E-state index is 0.00648. The molecule has 0 saturated carbocycles. The quantitative estimate of drug-likeness (QED) is 0.478. The maximum Gasteiger partial charge on any atom is 0.0318 e. The standard InChI is InChI=1S/C28H22/c1-27-19-7-4-8-20(27)12-16-24-22-14-10-18-6-3-5-17-9-13-21(26(22)25(17)18)23(15-11-19)28(24,27)2/h3-9,11-13,15-16H,10,14H2,1-2H3/t27-,28-/m0/s1. The first kappa shape index (κ1) is 15.1. The molecule has 28 heavy (non-hydrogen) atoms. The molecule has 2 aromatic rings. The number of hydrogen-bond donors (Lipinski definition) is 0. The van der Waals surface area contributed by atoms with Gasteiger partial charge in [-0.15, -0.1) is 0 Å². The van der Waals surface area contributed by atoms with E-state index in [-0.39, 0.29) is 10.8 Å². The zero-order valence-electron chi connectivity index (χ0n) is 16.3. The fraction of sp³-hybridized carbons (Fsp3) is 0.214. The Balaban J connectivity index is 1.72. The highest BCUT2D eigenvalue weighted by Crippen LogP contribution is 2.69. The summed E-state index contributed by atoms with van der Waals surface area (Å²) in [5.41, 5.74) is 12.0. The van der Waals surface area contributed by atoms with Gasteiger partial charge >= 0.3 is 0 Å². The van der Waals surface area contributed by atoms with E-state index in [1.165, 1.54) is 44.2 Å². The number of aryl methyl sites for hydroxylation is 1. The lowest BCUT2D eigenvalue weighted by atomic mass is 9.44. The van der Waals surface area contributed by atoms with Gasteiger partial charge in [0.1, 0.15) is 0 Å². The van der Waals surface area contributed by atoms with E-state index >= 15 is 0 Å². The Bertz CT molecular complexity index is 1320. The number of rotatable bonds is 0. The minimum atomic E-state index is -0.00921. The highest BCUT2D eigenvalue weighted by molar-refractivity contribution is 6.07. The smallest absolute Gasteiger partial charge is 0.0318 e. The van der Waals surface area contributed by atoms with E-state index in [0.29, 0.717) is 0 Å². The molecular formula is C28H22. The van der Waals surface area contributed by atoms with Crippen molar-refractivity contribution in [1.29, 1.82) is 0 Å². The summed E-state index contributed by atoms with van der Waals surface area (Å²) in [7, 11) is 0. The summed E-state index contributed by atoms with van der Waals surface area (Å²) in [6.45, 7) is 4.96. The summed E-state index contributed by atoms with van der Waals surface area (Å²) < 4.78 is 0. The third kappa shape index (κ3) is 1.40. The molecule has 7 rings (SSSR count). The van der Waals surface area contributed by atoms with Gasteiger partial charge in [0.2, 0.25) is 0 Å². The largest absolute Gasteiger partial charge is 0.0617 e. The van der Waals surface area contributed by atoms with Gasteiger partial charge in [-0.05, 0) is 68.2 Å². The summed E-state index contributed by atoms with van der Waals surface area (Å²) in [4.78, 5) is 0. The Hall–Kier alpha value is -2.86. The van der Waals surface area contributed by atoms with Crippen molar-refractivity contribution in [3.05, 3.63) is 106 Å². The Labute approximate surface area is 166 Å². The predicted octanol–water partition coefficient (Wildman–Crippen LogP) is 6.96. The normalized spacial score (nSPS) is 30.7. The van der Waals surface area contributed by atoms with E-state index in [4.69, 9.17) is 0 Å². The third-order valence-corrected chi connectivity index (χ3v) is 8.34. The fourth-order valence-corrected chi connectivity index (χ4v) is 6.76. The molecule has 0 saturated heterocycles. The van der Waals surface area contributed by atoms with Gasteiger partial charge in [0, 0.05) is 10.8 Å². The molecule has 0 bridgehead atoms.